The molecule has 0 N–H and O–H groups in total. The highest BCUT2D eigenvalue weighted by molar-refractivity contribution is 6.25. The summed E-state index contributed by atoms with van der Waals surface area (Å²) in [7, 11) is 0. The van der Waals surface area contributed by atoms with E-state index in [9.17, 15) is 0 Å². The van der Waals surface area contributed by atoms with E-state index in [0.717, 1.165) is 0 Å². The molecule has 0 bridgehead atoms. The Morgan fingerprint density at radius 2 is 0.825 bits per heavy atom. The summed E-state index contributed by atoms with van der Waals surface area (Å²) < 4.78 is 7.47. The van der Waals surface area contributed by atoms with Gasteiger partial charge in [-0.05, 0) is 124 Å². The van der Waals surface area contributed by atoms with Gasteiger partial charge in [0.1, 0.15) is 0 Å². The quantitative estimate of drug-likeness (QED) is 0.172. The van der Waals surface area contributed by atoms with E-state index >= 15 is 0 Å². The molecule has 0 saturated carbocycles. The Hall–Kier alpha value is -6.58. The molecule has 0 unspecified atom stereocenters. The van der Waals surface area contributed by atoms with E-state index in [1.54, 1.807) is 0 Å². The number of hydrogen-bond acceptors (Lipinski definition) is 0. The number of nitrogens with zero attached hydrogens (tertiary/aromatic N) is 3. The van der Waals surface area contributed by atoms with E-state index in [1.165, 1.54) is 117 Å². The molecular weight excluding hydrogens is 691 g/mol. The maximum atomic E-state index is 2.58. The molecule has 11 aromatic rings. The van der Waals surface area contributed by atoms with Gasteiger partial charge in [-0.3, -0.25) is 0 Å². The summed E-state index contributed by atoms with van der Waals surface area (Å²) in [6.45, 7) is 9.77. The van der Waals surface area contributed by atoms with Gasteiger partial charge in [0.2, 0.25) is 0 Å². The van der Waals surface area contributed by atoms with Gasteiger partial charge in [-0.1, -0.05) is 113 Å². The number of aromatic nitrogens is 3. The Morgan fingerprint density at radius 3 is 1.56 bits per heavy atom. The van der Waals surface area contributed by atoms with Gasteiger partial charge in [-0.2, -0.15) is 0 Å². The zero-order chi connectivity index (χ0) is 38.2. The molecule has 0 atom stereocenters. The first-order chi connectivity index (χ1) is 27.8. The van der Waals surface area contributed by atoms with E-state index in [1.807, 2.05) is 0 Å². The van der Waals surface area contributed by atoms with Crippen molar-refractivity contribution in [2.24, 2.45) is 0 Å². The SMILES string of the molecule is CC1(C)CCC(C)(C)c2cc3c(cc21)c1cc2c(cc1n3-c1ccc3c(c1)c1ccccc1n3-c1ccccc1)c1c3ccccc3ccc1n2-c1ccccc1. The molecule has 1 aliphatic rings. The molecule has 0 fully saturated rings. The molecule has 0 saturated heterocycles. The number of para-hydroxylation sites is 3. The van der Waals surface area contributed by atoms with Crippen molar-refractivity contribution in [2.75, 3.05) is 0 Å². The van der Waals surface area contributed by atoms with Gasteiger partial charge in [0.05, 0.1) is 33.1 Å². The topological polar surface area (TPSA) is 14.8 Å². The zero-order valence-electron chi connectivity index (χ0n) is 32.8. The van der Waals surface area contributed by atoms with Crippen LogP contribution < -0.4 is 0 Å². The van der Waals surface area contributed by atoms with Crippen LogP contribution in [0.5, 0.6) is 0 Å². The van der Waals surface area contributed by atoms with Crippen LogP contribution in [0, 0.1) is 0 Å². The number of hydrogen-bond donors (Lipinski definition) is 0. The minimum absolute atomic E-state index is 0.0805. The van der Waals surface area contributed by atoms with Crippen LogP contribution in [0.1, 0.15) is 51.7 Å². The van der Waals surface area contributed by atoms with Crippen LogP contribution >= 0.6 is 0 Å². The summed E-state index contributed by atoms with van der Waals surface area (Å²) in [6.07, 6.45) is 2.35. The number of fused-ring (bicyclic) bond motifs is 12. The molecule has 274 valence electrons. The van der Waals surface area contributed by atoms with E-state index in [2.05, 4.69) is 205 Å². The highest BCUT2D eigenvalue weighted by atomic mass is 15.0. The van der Waals surface area contributed by atoms with Crippen molar-refractivity contribution < 1.29 is 0 Å². The molecule has 12 rings (SSSR count). The van der Waals surface area contributed by atoms with Crippen LogP contribution in [0.15, 0.2) is 164 Å². The van der Waals surface area contributed by atoms with Crippen molar-refractivity contribution in [1.82, 2.24) is 13.7 Å². The Labute approximate surface area is 332 Å². The lowest BCUT2D eigenvalue weighted by Gasteiger charge is -2.42. The molecule has 3 heterocycles. The molecule has 3 aromatic heterocycles. The second-order valence-electron chi connectivity index (χ2n) is 17.6. The van der Waals surface area contributed by atoms with Crippen molar-refractivity contribution in [3.63, 3.8) is 0 Å². The first-order valence-electron chi connectivity index (χ1n) is 20.4. The van der Waals surface area contributed by atoms with Gasteiger partial charge in [-0.15, -0.1) is 0 Å². The Bertz CT molecular complexity index is 3440. The van der Waals surface area contributed by atoms with Gasteiger partial charge < -0.3 is 13.7 Å². The van der Waals surface area contributed by atoms with E-state index in [4.69, 9.17) is 0 Å². The fourth-order valence-corrected chi connectivity index (χ4v) is 10.4. The van der Waals surface area contributed by atoms with E-state index in [-0.39, 0.29) is 10.8 Å². The van der Waals surface area contributed by atoms with Crippen molar-refractivity contribution in [2.45, 2.75) is 51.4 Å². The summed E-state index contributed by atoms with van der Waals surface area (Å²) >= 11 is 0. The zero-order valence-corrected chi connectivity index (χ0v) is 32.8. The van der Waals surface area contributed by atoms with Gasteiger partial charge >= 0.3 is 0 Å². The largest absolute Gasteiger partial charge is 0.309 e. The lowest BCUT2D eigenvalue weighted by molar-refractivity contribution is 0.332. The molecule has 3 heteroatoms. The third-order valence-corrected chi connectivity index (χ3v) is 13.5. The Balaban J connectivity index is 1.25. The van der Waals surface area contributed by atoms with Gasteiger partial charge in [0.15, 0.2) is 0 Å². The predicted molar refractivity (Wildman–Crippen MR) is 242 cm³/mol. The first kappa shape index (κ1) is 32.6. The van der Waals surface area contributed by atoms with Crippen molar-refractivity contribution in [3.05, 3.63) is 175 Å². The van der Waals surface area contributed by atoms with Gasteiger partial charge in [0.25, 0.3) is 0 Å². The van der Waals surface area contributed by atoms with Crippen LogP contribution in [0.3, 0.4) is 0 Å². The third-order valence-electron chi connectivity index (χ3n) is 13.5. The first-order valence-corrected chi connectivity index (χ1v) is 20.4. The lowest BCUT2D eigenvalue weighted by atomic mass is 9.63. The van der Waals surface area contributed by atoms with Crippen molar-refractivity contribution >= 4 is 76.2 Å². The summed E-state index contributed by atoms with van der Waals surface area (Å²) in [4.78, 5) is 0. The van der Waals surface area contributed by atoms with E-state index < -0.39 is 0 Å². The molecule has 0 aliphatic heterocycles. The molecule has 3 nitrogen and oxygen atoms in total. The maximum Gasteiger partial charge on any atom is 0.0549 e. The Morgan fingerprint density at radius 1 is 0.333 bits per heavy atom. The summed E-state index contributed by atoms with van der Waals surface area (Å²) in [5.41, 5.74) is 14.1. The minimum Gasteiger partial charge on any atom is -0.309 e. The van der Waals surface area contributed by atoms with Crippen LogP contribution in [0.4, 0.5) is 0 Å². The predicted octanol–water partition coefficient (Wildman–Crippen LogP) is 14.5. The lowest BCUT2D eigenvalue weighted by Crippen LogP contribution is -2.33. The molecule has 8 aromatic carbocycles. The molecule has 0 spiro atoms. The average molecular weight is 734 g/mol. The van der Waals surface area contributed by atoms with Gasteiger partial charge in [0, 0.05) is 49.4 Å². The van der Waals surface area contributed by atoms with E-state index in [0.29, 0.717) is 0 Å². The van der Waals surface area contributed by atoms with Crippen LogP contribution in [0.25, 0.3) is 93.3 Å². The fourth-order valence-electron chi connectivity index (χ4n) is 10.4. The molecule has 57 heavy (non-hydrogen) atoms. The highest BCUT2D eigenvalue weighted by Gasteiger charge is 2.38. The second-order valence-corrected chi connectivity index (χ2v) is 17.6. The van der Waals surface area contributed by atoms with Gasteiger partial charge in [-0.25, -0.2) is 0 Å². The monoisotopic (exact) mass is 733 g/mol. The standard InChI is InChI=1S/C54H43N3/c1-53(2)27-28-54(3,4)45-33-51-41(30-44(45)53)42-31-50-43(52-38-20-12-11-15-34(38)23-25-48(52)56(50)36-18-9-6-10-19-36)32-49(42)57(51)37-24-26-47-40(29-37)39-21-13-14-22-46(39)55(47)35-16-7-5-8-17-35/h5-26,29-33H,27-28H2,1-4H3. The molecular formula is C54H43N3. The summed E-state index contributed by atoms with van der Waals surface area (Å²) in [5, 5.41) is 10.2. The molecule has 0 radical (unpaired) electrons. The van der Waals surface area contributed by atoms with Crippen LogP contribution in [-0.4, -0.2) is 13.7 Å². The number of benzene rings is 8. The van der Waals surface area contributed by atoms with Crippen molar-refractivity contribution in [3.8, 4) is 17.1 Å². The third kappa shape index (κ3) is 4.54. The summed E-state index contributed by atoms with van der Waals surface area (Å²) in [6, 6.07) is 61.2. The maximum absolute atomic E-state index is 2.58. The second kappa shape index (κ2) is 11.5. The highest BCUT2D eigenvalue weighted by Crippen LogP contribution is 2.50. The fraction of sp³-hybridized carbons (Fsp3) is 0.148. The minimum atomic E-state index is 0.0805. The average Bonchev–Trinajstić information content (AvgIpc) is 3.86. The van der Waals surface area contributed by atoms with Crippen LogP contribution in [0.2, 0.25) is 0 Å². The molecule has 0 amide bonds. The Kier molecular flexibility index (Phi) is 6.58. The summed E-state index contributed by atoms with van der Waals surface area (Å²) in [5.74, 6) is 0. The number of rotatable bonds is 3. The van der Waals surface area contributed by atoms with Crippen LogP contribution in [-0.2, 0) is 10.8 Å². The molecule has 1 aliphatic carbocycles. The normalized spacial score (nSPS) is 15.2. The smallest absolute Gasteiger partial charge is 0.0549 e. The van der Waals surface area contributed by atoms with Crippen molar-refractivity contribution in [1.29, 1.82) is 0 Å².